The molecule has 1 aliphatic carbocycles. The Kier molecular flexibility index (Phi) is 4.16. The molecule has 1 aromatic carbocycles. The third-order valence-corrected chi connectivity index (χ3v) is 5.89. The SMILES string of the molecule is CCc1cn2c(n1)CN(c1c(F)cc3c(=O)c(C(=O)O)cn(C4CC4)c3c1F)CC2. The summed E-state index contributed by atoms with van der Waals surface area (Å²) in [5, 5.41) is 9.10. The van der Waals surface area contributed by atoms with Gasteiger partial charge in [0, 0.05) is 31.5 Å². The monoisotopic (exact) mass is 414 g/mol. The predicted molar refractivity (Wildman–Crippen MR) is 106 cm³/mol. The van der Waals surface area contributed by atoms with Crippen LogP contribution in [0.2, 0.25) is 0 Å². The summed E-state index contributed by atoms with van der Waals surface area (Å²) in [5.74, 6) is -2.38. The van der Waals surface area contributed by atoms with Crippen LogP contribution in [0.3, 0.4) is 0 Å². The lowest BCUT2D eigenvalue weighted by atomic mass is 10.1. The first-order valence-corrected chi connectivity index (χ1v) is 9.99. The number of carboxylic acids is 1. The zero-order chi connectivity index (χ0) is 21.2. The number of halogens is 2. The molecule has 0 atom stereocenters. The molecule has 0 amide bonds. The average molecular weight is 414 g/mol. The van der Waals surface area contributed by atoms with Gasteiger partial charge in [0.05, 0.1) is 23.1 Å². The normalized spacial score (nSPS) is 16.2. The molecule has 3 aromatic rings. The number of hydrogen-bond donors (Lipinski definition) is 1. The number of pyridine rings is 1. The fourth-order valence-corrected chi connectivity index (χ4v) is 4.19. The molecule has 2 aliphatic rings. The van der Waals surface area contributed by atoms with Crippen molar-refractivity contribution in [3.63, 3.8) is 0 Å². The van der Waals surface area contributed by atoms with Crippen molar-refractivity contribution in [1.29, 1.82) is 0 Å². The van der Waals surface area contributed by atoms with Gasteiger partial charge in [0.15, 0.2) is 5.82 Å². The van der Waals surface area contributed by atoms with Crippen molar-refractivity contribution in [2.75, 3.05) is 11.4 Å². The van der Waals surface area contributed by atoms with Gasteiger partial charge in [0.25, 0.3) is 0 Å². The van der Waals surface area contributed by atoms with Crippen LogP contribution in [0.15, 0.2) is 23.3 Å². The van der Waals surface area contributed by atoms with Crippen molar-refractivity contribution in [2.24, 2.45) is 0 Å². The highest BCUT2D eigenvalue weighted by molar-refractivity contribution is 5.94. The van der Waals surface area contributed by atoms with Gasteiger partial charge in [-0.25, -0.2) is 18.6 Å². The Morgan fingerprint density at radius 2 is 2.03 bits per heavy atom. The number of aryl methyl sites for hydroxylation is 1. The summed E-state index contributed by atoms with van der Waals surface area (Å²) in [5.41, 5.74) is -0.664. The highest BCUT2D eigenvalue weighted by Crippen LogP contribution is 2.40. The molecule has 1 saturated carbocycles. The van der Waals surface area contributed by atoms with Gasteiger partial charge < -0.3 is 19.1 Å². The van der Waals surface area contributed by atoms with E-state index in [4.69, 9.17) is 0 Å². The molecule has 1 aliphatic heterocycles. The number of carboxylic acid groups (broad SMARTS) is 1. The molecule has 7 nitrogen and oxygen atoms in total. The number of rotatable bonds is 4. The van der Waals surface area contributed by atoms with Crippen LogP contribution in [-0.4, -0.2) is 31.7 Å². The topological polar surface area (TPSA) is 80.4 Å². The van der Waals surface area contributed by atoms with E-state index in [2.05, 4.69) is 4.98 Å². The summed E-state index contributed by atoms with van der Waals surface area (Å²) in [7, 11) is 0. The van der Waals surface area contributed by atoms with Crippen LogP contribution in [-0.2, 0) is 19.5 Å². The maximum atomic E-state index is 15.7. The van der Waals surface area contributed by atoms with Crippen LogP contribution in [0.5, 0.6) is 0 Å². The summed E-state index contributed by atoms with van der Waals surface area (Å²) in [6.07, 6.45) is 5.43. The van der Waals surface area contributed by atoms with Crippen LogP contribution in [0.25, 0.3) is 10.9 Å². The Morgan fingerprint density at radius 1 is 1.27 bits per heavy atom. The molecular weight excluding hydrogens is 394 g/mol. The first-order valence-electron chi connectivity index (χ1n) is 9.99. The van der Waals surface area contributed by atoms with Gasteiger partial charge in [0.1, 0.15) is 22.9 Å². The second kappa shape index (κ2) is 6.65. The third-order valence-electron chi connectivity index (χ3n) is 5.89. The largest absolute Gasteiger partial charge is 0.477 e. The minimum absolute atomic E-state index is 0.0351. The summed E-state index contributed by atoms with van der Waals surface area (Å²) in [6, 6.07) is 0.881. The number of imidazole rings is 1. The first kappa shape index (κ1) is 18.8. The van der Waals surface area contributed by atoms with Crippen LogP contribution in [0.1, 0.15) is 47.7 Å². The maximum Gasteiger partial charge on any atom is 0.341 e. The molecule has 1 fully saturated rings. The number of aromatic nitrogens is 3. The quantitative estimate of drug-likeness (QED) is 0.710. The van der Waals surface area contributed by atoms with Gasteiger partial charge in [-0.1, -0.05) is 6.92 Å². The van der Waals surface area contributed by atoms with E-state index in [1.807, 2.05) is 17.7 Å². The molecule has 0 bridgehead atoms. The number of anilines is 1. The van der Waals surface area contributed by atoms with E-state index in [9.17, 15) is 14.7 Å². The molecule has 2 aromatic heterocycles. The van der Waals surface area contributed by atoms with Crippen molar-refractivity contribution in [2.45, 2.75) is 45.3 Å². The molecule has 0 saturated heterocycles. The fourth-order valence-electron chi connectivity index (χ4n) is 4.19. The smallest absolute Gasteiger partial charge is 0.341 e. The predicted octanol–water partition coefficient (Wildman–Crippen LogP) is 3.09. The zero-order valence-corrected chi connectivity index (χ0v) is 16.4. The van der Waals surface area contributed by atoms with Gasteiger partial charge in [-0.2, -0.15) is 0 Å². The van der Waals surface area contributed by atoms with Gasteiger partial charge in [-0.15, -0.1) is 0 Å². The molecule has 0 radical (unpaired) electrons. The Balaban J connectivity index is 1.69. The number of aromatic carboxylic acids is 1. The van der Waals surface area contributed by atoms with Gasteiger partial charge >= 0.3 is 5.97 Å². The molecule has 5 rings (SSSR count). The van der Waals surface area contributed by atoms with Crippen LogP contribution in [0, 0.1) is 11.6 Å². The zero-order valence-electron chi connectivity index (χ0n) is 16.4. The van der Waals surface area contributed by atoms with E-state index in [0.717, 1.165) is 36.8 Å². The third kappa shape index (κ3) is 2.79. The maximum absolute atomic E-state index is 15.7. The van der Waals surface area contributed by atoms with Gasteiger partial charge in [-0.05, 0) is 25.3 Å². The minimum Gasteiger partial charge on any atom is -0.477 e. The number of carbonyl (C=O) groups is 1. The van der Waals surface area contributed by atoms with E-state index in [1.54, 1.807) is 4.90 Å². The second-order valence-corrected chi connectivity index (χ2v) is 7.85. The van der Waals surface area contributed by atoms with Gasteiger partial charge in [0.2, 0.25) is 5.43 Å². The Hall–Kier alpha value is -3.23. The Labute approximate surface area is 170 Å². The summed E-state index contributed by atoms with van der Waals surface area (Å²) in [6.45, 7) is 3.19. The lowest BCUT2D eigenvalue weighted by Crippen LogP contribution is -2.35. The summed E-state index contributed by atoms with van der Waals surface area (Å²) >= 11 is 0. The molecule has 156 valence electrons. The fraction of sp³-hybridized carbons (Fsp3) is 0.381. The van der Waals surface area contributed by atoms with E-state index in [0.29, 0.717) is 13.1 Å². The highest BCUT2D eigenvalue weighted by atomic mass is 19.1. The molecular formula is C21H20F2N4O3. The Morgan fingerprint density at radius 3 is 2.70 bits per heavy atom. The molecule has 30 heavy (non-hydrogen) atoms. The van der Waals surface area contributed by atoms with Crippen molar-refractivity contribution >= 4 is 22.6 Å². The minimum atomic E-state index is -1.41. The number of benzene rings is 1. The van der Waals surface area contributed by atoms with Crippen LogP contribution in [0.4, 0.5) is 14.5 Å². The van der Waals surface area contributed by atoms with E-state index in [1.165, 1.54) is 10.8 Å². The Bertz CT molecular complexity index is 1260. The summed E-state index contributed by atoms with van der Waals surface area (Å²) in [4.78, 5) is 30.2. The lowest BCUT2D eigenvalue weighted by Gasteiger charge is -2.30. The highest BCUT2D eigenvalue weighted by Gasteiger charge is 2.32. The molecule has 0 spiro atoms. The number of hydrogen-bond acceptors (Lipinski definition) is 4. The standard InChI is InChI=1S/C21H20F2N4O3/c1-2-11-8-25-5-6-26(10-16(25)24-11)19-15(22)7-13-18(17(19)23)27(12-3-4-12)9-14(20(13)28)21(29)30/h7-9,12H,2-6,10H2,1H3,(H,29,30). The first-order chi connectivity index (χ1) is 14.4. The molecule has 3 heterocycles. The van der Waals surface area contributed by atoms with E-state index < -0.39 is 28.6 Å². The summed E-state index contributed by atoms with van der Waals surface area (Å²) < 4.78 is 34.3. The number of nitrogens with zero attached hydrogens (tertiary/aromatic N) is 4. The second-order valence-electron chi connectivity index (χ2n) is 7.85. The van der Waals surface area contributed by atoms with Crippen molar-refractivity contribution in [3.05, 3.63) is 57.4 Å². The van der Waals surface area contributed by atoms with Crippen molar-refractivity contribution < 1.29 is 18.7 Å². The van der Waals surface area contributed by atoms with Crippen molar-refractivity contribution in [3.8, 4) is 0 Å². The van der Waals surface area contributed by atoms with Crippen molar-refractivity contribution in [1.82, 2.24) is 14.1 Å². The van der Waals surface area contributed by atoms with Gasteiger partial charge in [-0.3, -0.25) is 4.79 Å². The molecule has 0 unspecified atom stereocenters. The van der Waals surface area contributed by atoms with Crippen LogP contribution < -0.4 is 10.3 Å². The molecule has 1 N–H and O–H groups in total. The van der Waals surface area contributed by atoms with Crippen LogP contribution >= 0.6 is 0 Å². The average Bonchev–Trinajstić information content (AvgIpc) is 3.47. The number of fused-ring (bicyclic) bond motifs is 2. The molecule has 9 heteroatoms. The van der Waals surface area contributed by atoms with E-state index in [-0.39, 0.29) is 29.2 Å². The lowest BCUT2D eigenvalue weighted by molar-refractivity contribution is 0.0694. The van der Waals surface area contributed by atoms with E-state index >= 15 is 8.78 Å².